The third-order valence-corrected chi connectivity index (χ3v) is 2.46. The number of Topliss-reactive ketones (excluding diaryl/α,β-unsaturated/α-hetero) is 1. The number of esters is 1. The van der Waals surface area contributed by atoms with E-state index in [1.54, 1.807) is 31.2 Å². The summed E-state index contributed by atoms with van der Waals surface area (Å²) in [7, 11) is 0. The Morgan fingerprint density at radius 1 is 1.28 bits per heavy atom. The van der Waals surface area contributed by atoms with Gasteiger partial charge in [-0.05, 0) is 31.2 Å². The molecule has 0 bridgehead atoms. The van der Waals surface area contributed by atoms with Gasteiger partial charge in [0.2, 0.25) is 0 Å². The molecule has 94 valence electrons. The molecule has 0 saturated carbocycles. The van der Waals surface area contributed by atoms with Gasteiger partial charge < -0.3 is 4.74 Å². The predicted molar refractivity (Wildman–Crippen MR) is 72.7 cm³/mol. The number of ether oxygens (including phenoxy) is 1. The van der Waals surface area contributed by atoms with Crippen LogP contribution in [0.1, 0.15) is 29.3 Å². The zero-order valence-electron chi connectivity index (χ0n) is 10.0. The molecule has 1 aromatic rings. The molecule has 0 aliphatic heterocycles. The van der Waals surface area contributed by atoms with Crippen molar-refractivity contribution in [2.75, 3.05) is 11.9 Å². The van der Waals surface area contributed by atoms with E-state index in [-0.39, 0.29) is 6.61 Å². The molecule has 0 spiro atoms. The summed E-state index contributed by atoms with van der Waals surface area (Å²) in [5.74, 6) is 4.48. The number of hydrogen-bond acceptors (Lipinski definition) is 3. The normalized spacial score (nSPS) is 9.22. The second-order valence-corrected chi connectivity index (χ2v) is 4.16. The molecule has 3 nitrogen and oxygen atoms in total. The summed E-state index contributed by atoms with van der Waals surface area (Å²) >= 11 is 3.29. The third kappa shape index (κ3) is 4.34. The Kier molecular flexibility index (Phi) is 6.16. The minimum Gasteiger partial charge on any atom is -0.460 e. The van der Waals surface area contributed by atoms with Crippen LogP contribution >= 0.6 is 15.9 Å². The molecule has 18 heavy (non-hydrogen) atoms. The van der Waals surface area contributed by atoms with E-state index in [1.807, 2.05) is 0 Å². The van der Waals surface area contributed by atoms with Crippen LogP contribution in [-0.2, 0) is 9.53 Å². The van der Waals surface area contributed by atoms with E-state index in [4.69, 9.17) is 0 Å². The molecule has 0 saturated heterocycles. The topological polar surface area (TPSA) is 43.4 Å². The molecule has 0 amide bonds. The highest BCUT2D eigenvalue weighted by Crippen LogP contribution is 2.05. The van der Waals surface area contributed by atoms with Gasteiger partial charge in [-0.2, -0.15) is 0 Å². The first-order chi connectivity index (χ1) is 8.69. The summed E-state index contributed by atoms with van der Waals surface area (Å²) in [4.78, 5) is 22.8. The molecule has 4 heteroatoms. The van der Waals surface area contributed by atoms with E-state index in [2.05, 4.69) is 32.5 Å². The lowest BCUT2D eigenvalue weighted by Gasteiger charge is -2.00. The van der Waals surface area contributed by atoms with Crippen LogP contribution in [0.2, 0.25) is 0 Å². The van der Waals surface area contributed by atoms with E-state index in [0.29, 0.717) is 5.56 Å². The number of hydrogen-bond donors (Lipinski definition) is 0. The van der Waals surface area contributed by atoms with E-state index >= 15 is 0 Å². The summed E-state index contributed by atoms with van der Waals surface area (Å²) in [5, 5.41) is 0.833. The van der Waals surface area contributed by atoms with Crippen LogP contribution in [0.15, 0.2) is 24.3 Å². The van der Waals surface area contributed by atoms with Crippen LogP contribution in [0.4, 0.5) is 0 Å². The van der Waals surface area contributed by atoms with Gasteiger partial charge in [-0.15, -0.1) is 0 Å². The van der Waals surface area contributed by atoms with E-state index in [9.17, 15) is 9.59 Å². The maximum Gasteiger partial charge on any atom is 0.379 e. The summed E-state index contributed by atoms with van der Waals surface area (Å²) in [6, 6.07) is 6.59. The van der Waals surface area contributed by atoms with Crippen molar-refractivity contribution in [1.29, 1.82) is 0 Å². The van der Waals surface area contributed by atoms with Crippen LogP contribution in [0.25, 0.3) is 0 Å². The van der Waals surface area contributed by atoms with Crippen LogP contribution < -0.4 is 0 Å². The lowest BCUT2D eigenvalue weighted by Crippen LogP contribution is -2.17. The van der Waals surface area contributed by atoms with Gasteiger partial charge in [-0.3, -0.25) is 4.79 Å². The zero-order valence-corrected chi connectivity index (χ0v) is 11.6. The van der Waals surface area contributed by atoms with Gasteiger partial charge in [0, 0.05) is 22.9 Å². The van der Waals surface area contributed by atoms with Crippen molar-refractivity contribution in [3.05, 3.63) is 35.4 Å². The van der Waals surface area contributed by atoms with Gasteiger partial charge in [-0.1, -0.05) is 27.8 Å². The lowest BCUT2D eigenvalue weighted by atomic mass is 10.1. The molecule has 0 fully saturated rings. The molecular weight excluding hydrogens is 296 g/mol. The number of halogens is 1. The van der Waals surface area contributed by atoms with Gasteiger partial charge >= 0.3 is 5.97 Å². The monoisotopic (exact) mass is 308 g/mol. The number of ketones is 1. The summed E-state index contributed by atoms with van der Waals surface area (Å²) in [5.41, 5.74) is 1.14. The maximum absolute atomic E-state index is 11.6. The lowest BCUT2D eigenvalue weighted by molar-refractivity contribution is -0.137. The number of rotatable bonds is 4. The Morgan fingerprint density at radius 3 is 2.50 bits per heavy atom. The van der Waals surface area contributed by atoms with Gasteiger partial charge in [0.25, 0.3) is 5.78 Å². The summed E-state index contributed by atoms with van der Waals surface area (Å²) < 4.78 is 4.65. The molecule has 0 heterocycles. The highest BCUT2D eigenvalue weighted by atomic mass is 79.9. The predicted octanol–water partition coefficient (Wildman–Crippen LogP) is 2.57. The number of carbonyl (C=O) groups is 2. The Morgan fingerprint density at radius 2 is 1.94 bits per heavy atom. The minimum atomic E-state index is -0.823. The molecule has 0 atom stereocenters. The number of alkyl halides is 1. The van der Waals surface area contributed by atoms with Crippen molar-refractivity contribution in [3.63, 3.8) is 0 Å². The third-order valence-electron chi connectivity index (χ3n) is 2.06. The highest BCUT2D eigenvalue weighted by molar-refractivity contribution is 9.09. The summed E-state index contributed by atoms with van der Waals surface area (Å²) in [6.07, 6.45) is 0.767. The first kappa shape index (κ1) is 14.5. The van der Waals surface area contributed by atoms with Crippen LogP contribution in [-0.4, -0.2) is 23.7 Å². The van der Waals surface area contributed by atoms with Crippen molar-refractivity contribution < 1.29 is 14.3 Å². The zero-order chi connectivity index (χ0) is 13.4. The Bertz CT molecular complexity index is 480. The Hall–Kier alpha value is -1.60. The molecule has 0 aliphatic carbocycles. The average Bonchev–Trinajstić information content (AvgIpc) is 2.39. The van der Waals surface area contributed by atoms with Gasteiger partial charge in [0.1, 0.15) is 0 Å². The molecule has 1 rings (SSSR count). The first-order valence-electron chi connectivity index (χ1n) is 5.55. The second-order valence-electron chi connectivity index (χ2n) is 3.37. The van der Waals surface area contributed by atoms with Crippen molar-refractivity contribution in [2.24, 2.45) is 0 Å². The maximum atomic E-state index is 11.6. The largest absolute Gasteiger partial charge is 0.460 e. The van der Waals surface area contributed by atoms with Crippen molar-refractivity contribution in [1.82, 2.24) is 0 Å². The smallest absolute Gasteiger partial charge is 0.379 e. The van der Waals surface area contributed by atoms with Crippen molar-refractivity contribution >= 4 is 27.7 Å². The first-order valence-corrected chi connectivity index (χ1v) is 6.67. The molecule has 0 unspecified atom stereocenters. The molecule has 0 aromatic heterocycles. The fraction of sp³-hybridized carbons (Fsp3) is 0.286. The molecular formula is C14H13BrO3. The van der Waals surface area contributed by atoms with E-state index in [0.717, 1.165) is 17.3 Å². The van der Waals surface area contributed by atoms with Crippen molar-refractivity contribution in [3.8, 4) is 11.8 Å². The summed E-state index contributed by atoms with van der Waals surface area (Å²) in [6.45, 7) is 1.86. The second kappa shape index (κ2) is 7.67. The van der Waals surface area contributed by atoms with Crippen LogP contribution in [0.3, 0.4) is 0 Å². The highest BCUT2D eigenvalue weighted by Gasteiger charge is 2.16. The van der Waals surface area contributed by atoms with Gasteiger partial charge in [-0.25, -0.2) is 4.79 Å². The number of carbonyl (C=O) groups excluding carboxylic acids is 2. The average molecular weight is 309 g/mol. The van der Waals surface area contributed by atoms with E-state index < -0.39 is 11.8 Å². The standard InChI is InChI=1S/C14H13BrO3/c1-2-18-14(17)13(16)12-8-6-11(7-9-12)5-3-4-10-15/h6-9H,2,4,10H2,1H3. The van der Waals surface area contributed by atoms with Crippen LogP contribution in [0.5, 0.6) is 0 Å². The van der Waals surface area contributed by atoms with Crippen molar-refractivity contribution in [2.45, 2.75) is 13.3 Å². The molecule has 0 N–H and O–H groups in total. The Labute approximate surface area is 115 Å². The minimum absolute atomic E-state index is 0.195. The fourth-order valence-corrected chi connectivity index (χ4v) is 1.43. The quantitative estimate of drug-likeness (QED) is 0.282. The fourth-order valence-electron chi connectivity index (χ4n) is 1.23. The van der Waals surface area contributed by atoms with Gasteiger partial charge in [0.15, 0.2) is 0 Å². The SMILES string of the molecule is CCOC(=O)C(=O)c1ccc(C#CCCBr)cc1. The van der Waals surface area contributed by atoms with Gasteiger partial charge in [0.05, 0.1) is 6.61 Å². The molecule has 0 aliphatic rings. The molecule has 0 radical (unpaired) electrons. The Balaban J connectivity index is 2.74. The van der Waals surface area contributed by atoms with E-state index in [1.165, 1.54) is 0 Å². The molecule has 1 aromatic carbocycles. The number of benzene rings is 1. The van der Waals surface area contributed by atoms with Crippen LogP contribution in [0, 0.1) is 11.8 Å².